The molecular formula is C17H34N2. The Kier molecular flexibility index (Phi) is 4.32. The van der Waals surface area contributed by atoms with Crippen LogP contribution >= 0.6 is 0 Å². The fourth-order valence-corrected chi connectivity index (χ4v) is 3.83. The molecular weight excluding hydrogens is 232 g/mol. The monoisotopic (exact) mass is 266 g/mol. The fraction of sp³-hybridized carbons (Fsp3) is 1.00. The van der Waals surface area contributed by atoms with Crippen molar-refractivity contribution in [1.29, 1.82) is 0 Å². The maximum absolute atomic E-state index is 3.78. The van der Waals surface area contributed by atoms with Crippen LogP contribution in [0.25, 0.3) is 0 Å². The molecule has 2 aliphatic rings. The SMILES string of the molecule is CC(C)(C)NCC1(CN2CCCC2(C)C)CCCC1. The third kappa shape index (κ3) is 3.95. The Morgan fingerprint density at radius 3 is 2.11 bits per heavy atom. The van der Waals surface area contributed by atoms with Gasteiger partial charge in [-0.1, -0.05) is 12.8 Å². The van der Waals surface area contributed by atoms with Gasteiger partial charge < -0.3 is 5.32 Å². The van der Waals surface area contributed by atoms with Gasteiger partial charge in [-0.3, -0.25) is 4.90 Å². The van der Waals surface area contributed by atoms with Gasteiger partial charge in [-0.2, -0.15) is 0 Å². The van der Waals surface area contributed by atoms with Gasteiger partial charge in [0.1, 0.15) is 0 Å². The third-order valence-electron chi connectivity index (χ3n) is 5.26. The summed E-state index contributed by atoms with van der Waals surface area (Å²) in [5.74, 6) is 0. The predicted octanol–water partition coefficient (Wildman–Crippen LogP) is 3.81. The second-order valence-corrected chi connectivity index (χ2v) is 8.65. The smallest absolute Gasteiger partial charge is 0.0153 e. The molecule has 1 aliphatic heterocycles. The van der Waals surface area contributed by atoms with E-state index in [0.717, 1.165) is 0 Å². The van der Waals surface area contributed by atoms with Crippen LogP contribution in [0.1, 0.15) is 73.1 Å². The lowest BCUT2D eigenvalue weighted by atomic mass is 9.83. The lowest BCUT2D eigenvalue weighted by Gasteiger charge is -2.41. The van der Waals surface area contributed by atoms with Gasteiger partial charge in [0, 0.05) is 24.2 Å². The fourth-order valence-electron chi connectivity index (χ4n) is 3.83. The Labute approximate surface area is 120 Å². The minimum absolute atomic E-state index is 0.246. The molecule has 2 rings (SSSR count). The summed E-state index contributed by atoms with van der Waals surface area (Å²) in [6.07, 6.45) is 8.46. The van der Waals surface area contributed by atoms with E-state index < -0.39 is 0 Å². The van der Waals surface area contributed by atoms with Crippen LogP contribution in [0, 0.1) is 5.41 Å². The van der Waals surface area contributed by atoms with Crippen molar-refractivity contribution in [1.82, 2.24) is 10.2 Å². The summed E-state index contributed by atoms with van der Waals surface area (Å²) in [6, 6.07) is 0. The Balaban J connectivity index is 1.99. The van der Waals surface area contributed by atoms with Gasteiger partial charge in [0.15, 0.2) is 0 Å². The molecule has 0 radical (unpaired) electrons. The average Bonchev–Trinajstić information content (AvgIpc) is 2.85. The Hall–Kier alpha value is -0.0800. The zero-order valence-electron chi connectivity index (χ0n) is 13.8. The predicted molar refractivity (Wildman–Crippen MR) is 83.5 cm³/mol. The van der Waals surface area contributed by atoms with E-state index >= 15 is 0 Å². The van der Waals surface area contributed by atoms with Gasteiger partial charge in [-0.05, 0) is 72.3 Å². The summed E-state index contributed by atoms with van der Waals surface area (Å²) < 4.78 is 0. The highest BCUT2D eigenvalue weighted by Gasteiger charge is 2.41. The zero-order chi connectivity index (χ0) is 14.1. The standard InChI is InChI=1S/C17H34N2/c1-15(2,3)18-13-17(10-6-7-11-17)14-19-12-8-9-16(19,4)5/h18H,6-14H2,1-5H3. The normalized spacial score (nSPS) is 27.0. The first-order valence-electron chi connectivity index (χ1n) is 8.23. The van der Waals surface area contributed by atoms with E-state index in [9.17, 15) is 0 Å². The number of rotatable bonds is 4. The number of nitrogens with one attached hydrogen (secondary N) is 1. The van der Waals surface area contributed by atoms with E-state index in [1.165, 1.54) is 58.2 Å². The van der Waals surface area contributed by atoms with Crippen molar-refractivity contribution >= 4 is 0 Å². The Morgan fingerprint density at radius 1 is 1.00 bits per heavy atom. The first-order chi connectivity index (χ1) is 8.73. The molecule has 0 aromatic rings. The lowest BCUT2D eigenvalue weighted by Crippen LogP contribution is -2.50. The van der Waals surface area contributed by atoms with Crippen molar-refractivity contribution in [2.45, 2.75) is 84.2 Å². The maximum atomic E-state index is 3.78. The molecule has 0 spiro atoms. The molecule has 1 N–H and O–H groups in total. The molecule has 0 amide bonds. The minimum atomic E-state index is 0.246. The second-order valence-electron chi connectivity index (χ2n) is 8.65. The molecule has 1 heterocycles. The summed E-state index contributed by atoms with van der Waals surface area (Å²) >= 11 is 0. The molecule has 112 valence electrons. The number of hydrogen-bond acceptors (Lipinski definition) is 2. The zero-order valence-corrected chi connectivity index (χ0v) is 13.8. The lowest BCUT2D eigenvalue weighted by molar-refractivity contribution is 0.0913. The molecule has 0 atom stereocenters. The van der Waals surface area contributed by atoms with E-state index in [4.69, 9.17) is 0 Å². The summed E-state index contributed by atoms with van der Waals surface area (Å²) in [7, 11) is 0. The molecule has 2 fully saturated rings. The summed E-state index contributed by atoms with van der Waals surface area (Å²) in [6.45, 7) is 15.5. The van der Waals surface area contributed by atoms with Crippen LogP contribution in [0.2, 0.25) is 0 Å². The first-order valence-corrected chi connectivity index (χ1v) is 8.23. The molecule has 0 bridgehead atoms. The molecule has 1 saturated carbocycles. The van der Waals surface area contributed by atoms with Crippen molar-refractivity contribution in [3.05, 3.63) is 0 Å². The van der Waals surface area contributed by atoms with Crippen LogP contribution < -0.4 is 5.32 Å². The van der Waals surface area contributed by atoms with Crippen LogP contribution in [0.4, 0.5) is 0 Å². The first kappa shape index (κ1) is 15.3. The van der Waals surface area contributed by atoms with Gasteiger partial charge in [-0.15, -0.1) is 0 Å². The highest BCUT2D eigenvalue weighted by atomic mass is 15.2. The van der Waals surface area contributed by atoms with Crippen molar-refractivity contribution in [2.24, 2.45) is 5.41 Å². The van der Waals surface area contributed by atoms with Crippen LogP contribution in [0.3, 0.4) is 0 Å². The summed E-state index contributed by atoms with van der Waals surface area (Å²) in [5, 5.41) is 3.78. The second kappa shape index (κ2) is 5.37. The van der Waals surface area contributed by atoms with Crippen LogP contribution in [0.15, 0.2) is 0 Å². The van der Waals surface area contributed by atoms with E-state index in [-0.39, 0.29) is 5.54 Å². The minimum Gasteiger partial charge on any atom is -0.311 e. The number of nitrogens with zero attached hydrogens (tertiary/aromatic N) is 1. The topological polar surface area (TPSA) is 15.3 Å². The van der Waals surface area contributed by atoms with Crippen molar-refractivity contribution < 1.29 is 0 Å². The van der Waals surface area contributed by atoms with Crippen molar-refractivity contribution in [3.63, 3.8) is 0 Å². The molecule has 0 unspecified atom stereocenters. The average molecular weight is 266 g/mol. The van der Waals surface area contributed by atoms with Gasteiger partial charge in [0.25, 0.3) is 0 Å². The molecule has 19 heavy (non-hydrogen) atoms. The third-order valence-corrected chi connectivity index (χ3v) is 5.26. The maximum Gasteiger partial charge on any atom is 0.0153 e. The largest absolute Gasteiger partial charge is 0.311 e. The van der Waals surface area contributed by atoms with Gasteiger partial charge >= 0.3 is 0 Å². The van der Waals surface area contributed by atoms with Crippen molar-refractivity contribution in [2.75, 3.05) is 19.6 Å². The molecule has 2 nitrogen and oxygen atoms in total. The molecule has 0 aromatic carbocycles. The molecule has 0 aromatic heterocycles. The molecule has 2 heteroatoms. The van der Waals surface area contributed by atoms with Crippen LogP contribution in [-0.4, -0.2) is 35.6 Å². The van der Waals surface area contributed by atoms with Crippen molar-refractivity contribution in [3.8, 4) is 0 Å². The molecule has 1 aliphatic carbocycles. The van der Waals surface area contributed by atoms with E-state index in [1.807, 2.05) is 0 Å². The van der Waals surface area contributed by atoms with Crippen LogP contribution in [-0.2, 0) is 0 Å². The Bertz CT molecular complexity index is 295. The number of hydrogen-bond donors (Lipinski definition) is 1. The molecule has 1 saturated heterocycles. The summed E-state index contributed by atoms with van der Waals surface area (Å²) in [4.78, 5) is 2.77. The summed E-state index contributed by atoms with van der Waals surface area (Å²) in [5.41, 5.74) is 1.21. The van der Waals surface area contributed by atoms with E-state index in [0.29, 0.717) is 11.0 Å². The van der Waals surface area contributed by atoms with Crippen LogP contribution in [0.5, 0.6) is 0 Å². The quantitative estimate of drug-likeness (QED) is 0.832. The Morgan fingerprint density at radius 2 is 1.63 bits per heavy atom. The van der Waals surface area contributed by atoms with Gasteiger partial charge in [0.05, 0.1) is 0 Å². The van der Waals surface area contributed by atoms with E-state index in [2.05, 4.69) is 44.8 Å². The van der Waals surface area contributed by atoms with Gasteiger partial charge in [-0.25, -0.2) is 0 Å². The van der Waals surface area contributed by atoms with Gasteiger partial charge in [0.2, 0.25) is 0 Å². The number of likely N-dealkylation sites (tertiary alicyclic amines) is 1. The highest BCUT2D eigenvalue weighted by Crippen LogP contribution is 2.41. The van der Waals surface area contributed by atoms with E-state index in [1.54, 1.807) is 0 Å². The highest BCUT2D eigenvalue weighted by molar-refractivity contribution is 4.96.